The summed E-state index contributed by atoms with van der Waals surface area (Å²) < 4.78 is 0. The van der Waals surface area contributed by atoms with Gasteiger partial charge in [-0.25, -0.2) is 4.98 Å². The fourth-order valence-corrected chi connectivity index (χ4v) is 2.05. The molecular formula is C10H17N3OS. The van der Waals surface area contributed by atoms with Crippen LogP contribution in [0.4, 0.5) is 0 Å². The van der Waals surface area contributed by atoms with Crippen LogP contribution >= 0.6 is 11.3 Å². The number of rotatable bonds is 5. The normalized spacial score (nSPS) is 12.5. The van der Waals surface area contributed by atoms with E-state index in [9.17, 15) is 4.79 Å². The number of nitrogens with zero attached hydrogens (tertiary/aromatic N) is 1. The van der Waals surface area contributed by atoms with Crippen molar-refractivity contribution in [1.29, 1.82) is 0 Å². The summed E-state index contributed by atoms with van der Waals surface area (Å²) >= 11 is 1.64. The molecule has 0 aliphatic heterocycles. The minimum absolute atomic E-state index is 0.0155. The number of nitrogens with two attached hydrogens (primary N) is 1. The largest absolute Gasteiger partial charge is 0.347 e. The molecule has 0 bridgehead atoms. The summed E-state index contributed by atoms with van der Waals surface area (Å²) in [5.41, 5.74) is 5.30. The third kappa shape index (κ3) is 3.60. The second-order valence-electron chi connectivity index (χ2n) is 3.35. The molecule has 1 rings (SSSR count). The Balaban J connectivity index is 2.52. The van der Waals surface area contributed by atoms with E-state index < -0.39 is 0 Å². The van der Waals surface area contributed by atoms with Crippen molar-refractivity contribution in [3.8, 4) is 0 Å². The predicted molar refractivity (Wildman–Crippen MR) is 61.7 cm³/mol. The molecule has 0 aliphatic carbocycles. The zero-order valence-corrected chi connectivity index (χ0v) is 9.93. The van der Waals surface area contributed by atoms with Crippen molar-refractivity contribution >= 4 is 17.2 Å². The van der Waals surface area contributed by atoms with E-state index in [1.54, 1.807) is 11.3 Å². The van der Waals surface area contributed by atoms with Gasteiger partial charge in [-0.05, 0) is 13.3 Å². The van der Waals surface area contributed by atoms with E-state index in [1.807, 2.05) is 13.1 Å². The third-order valence-corrected chi connectivity index (χ3v) is 3.36. The molecule has 0 aliphatic rings. The highest BCUT2D eigenvalue weighted by molar-refractivity contribution is 7.11. The summed E-state index contributed by atoms with van der Waals surface area (Å²) in [7, 11) is 0. The van der Waals surface area contributed by atoms with Crippen molar-refractivity contribution in [2.45, 2.75) is 32.7 Å². The number of nitrogens with one attached hydrogen (secondary N) is 1. The predicted octanol–water partition coefficient (Wildman–Crippen LogP) is 1.23. The molecule has 1 amide bonds. The third-order valence-electron chi connectivity index (χ3n) is 2.04. The molecule has 84 valence electrons. The first-order chi connectivity index (χ1) is 7.17. The van der Waals surface area contributed by atoms with Gasteiger partial charge in [0.1, 0.15) is 5.01 Å². The van der Waals surface area contributed by atoms with Gasteiger partial charge in [-0.15, -0.1) is 11.3 Å². The molecule has 3 N–H and O–H groups in total. The molecule has 0 saturated heterocycles. The van der Waals surface area contributed by atoms with E-state index in [2.05, 4.69) is 17.2 Å². The molecular weight excluding hydrogens is 210 g/mol. The van der Waals surface area contributed by atoms with Crippen molar-refractivity contribution in [1.82, 2.24) is 10.3 Å². The molecule has 1 aromatic heterocycles. The molecule has 1 aromatic rings. The second kappa shape index (κ2) is 5.82. The van der Waals surface area contributed by atoms with Crippen molar-refractivity contribution in [3.05, 3.63) is 16.1 Å². The van der Waals surface area contributed by atoms with Gasteiger partial charge >= 0.3 is 0 Å². The van der Waals surface area contributed by atoms with E-state index in [4.69, 9.17) is 5.73 Å². The van der Waals surface area contributed by atoms with E-state index in [0.717, 1.165) is 11.4 Å². The Labute approximate surface area is 93.9 Å². The fourth-order valence-electron chi connectivity index (χ4n) is 1.19. The van der Waals surface area contributed by atoms with Crippen LogP contribution < -0.4 is 11.1 Å². The highest BCUT2D eigenvalue weighted by atomic mass is 32.1. The summed E-state index contributed by atoms with van der Waals surface area (Å²) in [6.07, 6.45) is 3.23. The monoisotopic (exact) mass is 227 g/mol. The summed E-state index contributed by atoms with van der Waals surface area (Å²) in [5.74, 6) is -0.0155. The molecule has 0 fully saturated rings. The van der Waals surface area contributed by atoms with Crippen molar-refractivity contribution in [2.75, 3.05) is 6.54 Å². The average Bonchev–Trinajstić information content (AvgIpc) is 2.66. The molecule has 5 heteroatoms. The zero-order valence-electron chi connectivity index (χ0n) is 9.12. The number of amides is 1. The van der Waals surface area contributed by atoms with Crippen LogP contribution in [0.25, 0.3) is 0 Å². The van der Waals surface area contributed by atoms with E-state index in [-0.39, 0.29) is 11.9 Å². The first-order valence-corrected chi connectivity index (χ1v) is 5.93. The summed E-state index contributed by atoms with van der Waals surface area (Å²) in [5, 5.41) is 3.82. The second-order valence-corrected chi connectivity index (χ2v) is 4.49. The molecule has 1 heterocycles. The zero-order chi connectivity index (χ0) is 11.3. The Morgan fingerprint density at radius 3 is 3.00 bits per heavy atom. The van der Waals surface area contributed by atoms with Gasteiger partial charge in [-0.1, -0.05) is 6.92 Å². The molecule has 0 aromatic carbocycles. The molecule has 0 saturated carbocycles. The van der Waals surface area contributed by atoms with Crippen molar-refractivity contribution < 1.29 is 4.79 Å². The van der Waals surface area contributed by atoms with Crippen LogP contribution in [0, 0.1) is 0 Å². The highest BCUT2D eigenvalue weighted by Crippen LogP contribution is 2.20. The Hall–Kier alpha value is -0.940. The van der Waals surface area contributed by atoms with Crippen LogP contribution in [-0.2, 0) is 11.2 Å². The first kappa shape index (κ1) is 12.1. The topological polar surface area (TPSA) is 68.0 Å². The van der Waals surface area contributed by atoms with Gasteiger partial charge in [-0.3, -0.25) is 4.79 Å². The first-order valence-electron chi connectivity index (χ1n) is 5.11. The minimum Gasteiger partial charge on any atom is -0.347 e. The fraction of sp³-hybridized carbons (Fsp3) is 0.600. The smallest absolute Gasteiger partial charge is 0.221 e. The van der Waals surface area contributed by atoms with Crippen LogP contribution in [0.3, 0.4) is 0 Å². The van der Waals surface area contributed by atoms with Gasteiger partial charge in [0.15, 0.2) is 0 Å². The lowest BCUT2D eigenvalue weighted by Crippen LogP contribution is -2.28. The molecule has 1 atom stereocenters. The quantitative estimate of drug-likeness (QED) is 0.795. The minimum atomic E-state index is -0.0191. The van der Waals surface area contributed by atoms with Crippen LogP contribution in [0.1, 0.15) is 36.2 Å². The maximum atomic E-state index is 11.3. The van der Waals surface area contributed by atoms with Crippen molar-refractivity contribution in [2.24, 2.45) is 5.73 Å². The summed E-state index contributed by atoms with van der Waals surface area (Å²) in [6.45, 7) is 4.41. The summed E-state index contributed by atoms with van der Waals surface area (Å²) in [4.78, 5) is 16.8. The van der Waals surface area contributed by atoms with Gasteiger partial charge in [-0.2, -0.15) is 0 Å². The van der Waals surface area contributed by atoms with Crippen LogP contribution in [0.2, 0.25) is 0 Å². The van der Waals surface area contributed by atoms with Gasteiger partial charge < -0.3 is 11.1 Å². The highest BCUT2D eigenvalue weighted by Gasteiger charge is 2.12. The van der Waals surface area contributed by atoms with E-state index >= 15 is 0 Å². The maximum Gasteiger partial charge on any atom is 0.221 e. The SMILES string of the molecule is CCc1cnc(C(C)NC(=O)CCN)s1. The number of carbonyl (C=O) groups excluding carboxylic acids is 1. The maximum absolute atomic E-state index is 11.3. The molecule has 0 spiro atoms. The average molecular weight is 227 g/mol. The van der Waals surface area contributed by atoms with Crippen molar-refractivity contribution in [3.63, 3.8) is 0 Å². The number of hydrogen-bond donors (Lipinski definition) is 2. The Bertz CT molecular complexity index is 324. The Morgan fingerprint density at radius 2 is 2.47 bits per heavy atom. The number of carbonyl (C=O) groups is 1. The number of hydrogen-bond acceptors (Lipinski definition) is 4. The lowest BCUT2D eigenvalue weighted by Gasteiger charge is -2.10. The van der Waals surface area contributed by atoms with E-state index in [1.165, 1.54) is 4.88 Å². The molecule has 15 heavy (non-hydrogen) atoms. The van der Waals surface area contributed by atoms with Gasteiger partial charge in [0.25, 0.3) is 0 Å². The molecule has 1 unspecified atom stereocenters. The Kier molecular flexibility index (Phi) is 4.71. The van der Waals surface area contributed by atoms with Crippen LogP contribution in [-0.4, -0.2) is 17.4 Å². The number of thiazole rings is 1. The lowest BCUT2D eigenvalue weighted by molar-refractivity contribution is -0.121. The van der Waals surface area contributed by atoms with Gasteiger partial charge in [0.2, 0.25) is 5.91 Å². The van der Waals surface area contributed by atoms with E-state index in [0.29, 0.717) is 13.0 Å². The number of aromatic nitrogens is 1. The molecule has 0 radical (unpaired) electrons. The lowest BCUT2D eigenvalue weighted by atomic mass is 10.3. The van der Waals surface area contributed by atoms with Crippen LogP contribution in [0.15, 0.2) is 6.20 Å². The standard InChI is InChI=1S/C10H17N3OS/c1-3-8-6-12-10(15-8)7(2)13-9(14)4-5-11/h6-7H,3-5,11H2,1-2H3,(H,13,14). The number of aryl methyl sites for hydroxylation is 1. The van der Waals surface area contributed by atoms with Crippen LogP contribution in [0.5, 0.6) is 0 Å². The molecule has 4 nitrogen and oxygen atoms in total. The van der Waals surface area contributed by atoms with Gasteiger partial charge in [0, 0.05) is 24.0 Å². The Morgan fingerprint density at radius 1 is 1.73 bits per heavy atom. The summed E-state index contributed by atoms with van der Waals surface area (Å²) in [6, 6.07) is -0.0191. The van der Waals surface area contributed by atoms with Gasteiger partial charge in [0.05, 0.1) is 6.04 Å².